The van der Waals surface area contributed by atoms with Gasteiger partial charge in [-0.15, -0.1) is 0 Å². The predicted octanol–water partition coefficient (Wildman–Crippen LogP) is 5.77. The molecular formula is C13H34. The van der Waals surface area contributed by atoms with Crippen LogP contribution in [0.15, 0.2) is 0 Å². The van der Waals surface area contributed by atoms with Crippen molar-refractivity contribution in [1.29, 1.82) is 0 Å². The molecule has 0 N–H and O–H groups in total. The van der Waals surface area contributed by atoms with E-state index in [4.69, 9.17) is 0 Å². The number of hydrogen-bond acceptors (Lipinski definition) is 0. The Bertz CT molecular complexity index is 36.0. The van der Waals surface area contributed by atoms with Gasteiger partial charge in [-0.1, -0.05) is 75.7 Å². The highest BCUT2D eigenvalue weighted by Crippen LogP contribution is 1.94. The molecule has 0 unspecified atom stereocenters. The highest BCUT2D eigenvalue weighted by molar-refractivity contribution is 4.33. The van der Waals surface area contributed by atoms with Crippen molar-refractivity contribution in [3.63, 3.8) is 0 Å². The van der Waals surface area contributed by atoms with E-state index in [9.17, 15) is 0 Å². The van der Waals surface area contributed by atoms with E-state index >= 15 is 0 Å². The van der Waals surface area contributed by atoms with E-state index in [2.05, 4.69) is 41.5 Å². The molecule has 0 nitrogen and oxygen atoms in total. The molecule has 0 aliphatic carbocycles. The van der Waals surface area contributed by atoms with Crippen molar-refractivity contribution in [3.05, 3.63) is 0 Å². The molecule has 0 spiro atoms. The minimum absolute atomic E-state index is 0. The predicted molar refractivity (Wildman–Crippen MR) is 68.3 cm³/mol. The van der Waals surface area contributed by atoms with Gasteiger partial charge >= 0.3 is 0 Å². The van der Waals surface area contributed by atoms with Gasteiger partial charge in [0, 0.05) is 0 Å². The Balaban J connectivity index is -0.0000000491. The molecule has 13 heavy (non-hydrogen) atoms. The Kier molecular flexibility index (Phi) is 40.3. The highest BCUT2D eigenvalue weighted by atomic mass is 13.9. The number of hydrogen-bond donors (Lipinski definition) is 0. The van der Waals surface area contributed by atoms with Gasteiger partial charge in [0.05, 0.1) is 0 Å². The summed E-state index contributed by atoms with van der Waals surface area (Å²) < 4.78 is 0. The molecule has 0 heteroatoms. The molecule has 0 aromatic rings. The van der Waals surface area contributed by atoms with Gasteiger partial charge < -0.3 is 0 Å². The average molecular weight is 190 g/mol. The fourth-order valence-corrected chi connectivity index (χ4v) is 0. The summed E-state index contributed by atoms with van der Waals surface area (Å²) in [6.07, 6.45) is 2.61. The molecule has 0 amide bonds. The molecule has 0 fully saturated rings. The van der Waals surface area contributed by atoms with E-state index in [0.29, 0.717) is 0 Å². The van der Waals surface area contributed by atoms with E-state index in [1.807, 2.05) is 13.8 Å². The van der Waals surface area contributed by atoms with Crippen LogP contribution in [0.2, 0.25) is 0 Å². The van der Waals surface area contributed by atoms with E-state index in [0.717, 1.165) is 11.8 Å². The SMILES string of the molecule is C.CC.CCC(C)C.CCC(C)C. The van der Waals surface area contributed by atoms with Crippen LogP contribution in [0.5, 0.6) is 0 Å². The van der Waals surface area contributed by atoms with Gasteiger partial charge in [0.1, 0.15) is 0 Å². The largest absolute Gasteiger partial charge is 0.0776 e. The van der Waals surface area contributed by atoms with Gasteiger partial charge in [-0.25, -0.2) is 0 Å². The quantitative estimate of drug-likeness (QED) is 0.519. The molecule has 86 valence electrons. The van der Waals surface area contributed by atoms with Crippen LogP contribution >= 0.6 is 0 Å². The van der Waals surface area contributed by atoms with Crippen LogP contribution in [0.1, 0.15) is 75.7 Å². The van der Waals surface area contributed by atoms with Gasteiger partial charge in [-0.2, -0.15) is 0 Å². The fraction of sp³-hybridized carbons (Fsp3) is 1.00. The molecule has 0 aromatic heterocycles. The van der Waals surface area contributed by atoms with E-state index in [-0.39, 0.29) is 7.43 Å². The van der Waals surface area contributed by atoms with Gasteiger partial charge in [-0.05, 0) is 11.8 Å². The fourth-order valence-electron chi connectivity index (χ4n) is 0. The van der Waals surface area contributed by atoms with Crippen molar-refractivity contribution in [2.24, 2.45) is 11.8 Å². The summed E-state index contributed by atoms with van der Waals surface area (Å²) in [4.78, 5) is 0. The molecule has 0 rings (SSSR count). The van der Waals surface area contributed by atoms with Crippen molar-refractivity contribution in [2.75, 3.05) is 0 Å². The lowest BCUT2D eigenvalue weighted by Crippen LogP contribution is -1.77. The molecule has 0 atom stereocenters. The van der Waals surface area contributed by atoms with Crippen LogP contribution in [0.3, 0.4) is 0 Å². The molecule has 0 bridgehead atoms. The Hall–Kier alpha value is 0. The summed E-state index contributed by atoms with van der Waals surface area (Å²) in [6.45, 7) is 17.3. The van der Waals surface area contributed by atoms with E-state index in [1.54, 1.807) is 0 Å². The van der Waals surface area contributed by atoms with Crippen LogP contribution < -0.4 is 0 Å². The first-order chi connectivity index (χ1) is 5.54. The van der Waals surface area contributed by atoms with Gasteiger partial charge in [0.2, 0.25) is 0 Å². The molecule has 0 radical (unpaired) electrons. The monoisotopic (exact) mass is 190 g/mol. The third-order valence-corrected chi connectivity index (χ3v) is 1.63. The Morgan fingerprint density at radius 3 is 0.769 bits per heavy atom. The first kappa shape index (κ1) is 23.1. The molecule has 0 aliphatic rings. The maximum atomic E-state index is 2.22. The zero-order valence-electron chi connectivity index (χ0n) is 10.6. The van der Waals surface area contributed by atoms with Crippen LogP contribution in [0.4, 0.5) is 0 Å². The van der Waals surface area contributed by atoms with Gasteiger partial charge in [-0.3, -0.25) is 0 Å². The summed E-state index contributed by atoms with van der Waals surface area (Å²) in [6, 6.07) is 0. The Morgan fingerprint density at radius 2 is 0.769 bits per heavy atom. The molecule has 0 aromatic carbocycles. The first-order valence-electron chi connectivity index (χ1n) is 5.54. The minimum atomic E-state index is 0. The van der Waals surface area contributed by atoms with Crippen LogP contribution in [0.25, 0.3) is 0 Å². The second kappa shape index (κ2) is 22.7. The summed E-state index contributed by atoms with van der Waals surface area (Å²) >= 11 is 0. The Morgan fingerprint density at radius 1 is 0.692 bits per heavy atom. The number of rotatable bonds is 2. The van der Waals surface area contributed by atoms with E-state index < -0.39 is 0 Å². The smallest absolute Gasteiger partial charge is 0.0474 e. The van der Waals surface area contributed by atoms with Crippen LogP contribution in [0, 0.1) is 11.8 Å². The van der Waals surface area contributed by atoms with Gasteiger partial charge in [0.15, 0.2) is 0 Å². The third kappa shape index (κ3) is 75.0. The first-order valence-corrected chi connectivity index (χ1v) is 5.54. The summed E-state index contributed by atoms with van der Waals surface area (Å²) in [5, 5.41) is 0. The summed E-state index contributed by atoms with van der Waals surface area (Å²) in [7, 11) is 0. The zero-order valence-corrected chi connectivity index (χ0v) is 10.6. The maximum absolute atomic E-state index is 2.22. The maximum Gasteiger partial charge on any atom is -0.0474 e. The van der Waals surface area contributed by atoms with Crippen molar-refractivity contribution < 1.29 is 0 Å². The molecule has 0 heterocycles. The van der Waals surface area contributed by atoms with E-state index in [1.165, 1.54) is 12.8 Å². The molecule has 0 saturated heterocycles. The lowest BCUT2D eigenvalue weighted by atomic mass is 10.2. The summed E-state index contributed by atoms with van der Waals surface area (Å²) in [5.41, 5.74) is 0. The topological polar surface area (TPSA) is 0 Å². The second-order valence-corrected chi connectivity index (χ2v) is 3.60. The molecular weight excluding hydrogens is 156 g/mol. The minimum Gasteiger partial charge on any atom is -0.0776 e. The van der Waals surface area contributed by atoms with Crippen molar-refractivity contribution in [1.82, 2.24) is 0 Å². The zero-order chi connectivity index (χ0) is 10.6. The normalized spacial score (nSPS) is 7.85. The molecule has 0 aliphatic heterocycles. The molecule has 0 saturated carbocycles. The Labute approximate surface area is 88.1 Å². The van der Waals surface area contributed by atoms with Crippen molar-refractivity contribution in [2.45, 2.75) is 75.7 Å². The average Bonchev–Trinajstić information content (AvgIpc) is 2.09. The lowest BCUT2D eigenvalue weighted by molar-refractivity contribution is 0.626. The van der Waals surface area contributed by atoms with Gasteiger partial charge in [0.25, 0.3) is 0 Å². The van der Waals surface area contributed by atoms with Crippen LogP contribution in [-0.2, 0) is 0 Å². The standard InChI is InChI=1S/2C5H12.C2H6.CH4/c2*1-4-5(2)3;1-2;/h2*5H,4H2,1-3H3;1-2H3;1H4. The second-order valence-electron chi connectivity index (χ2n) is 3.60. The highest BCUT2D eigenvalue weighted by Gasteiger charge is 1.80. The lowest BCUT2D eigenvalue weighted by Gasteiger charge is -1.90. The van der Waals surface area contributed by atoms with Crippen molar-refractivity contribution >= 4 is 0 Å². The summed E-state index contributed by atoms with van der Waals surface area (Å²) in [5.74, 6) is 1.77. The van der Waals surface area contributed by atoms with Crippen LogP contribution in [-0.4, -0.2) is 0 Å². The third-order valence-electron chi connectivity index (χ3n) is 1.63. The van der Waals surface area contributed by atoms with Crippen molar-refractivity contribution in [3.8, 4) is 0 Å².